The van der Waals surface area contributed by atoms with E-state index in [9.17, 15) is 0 Å². The van der Waals surface area contributed by atoms with Gasteiger partial charge in [0.1, 0.15) is 0 Å². The molecule has 2 unspecified atom stereocenters. The highest BCUT2D eigenvalue weighted by molar-refractivity contribution is 6.10. The van der Waals surface area contributed by atoms with Gasteiger partial charge in [-0.3, -0.25) is 0 Å². The van der Waals surface area contributed by atoms with E-state index in [-0.39, 0.29) is 5.41 Å². The van der Waals surface area contributed by atoms with E-state index in [1.807, 2.05) is 0 Å². The van der Waals surface area contributed by atoms with Crippen LogP contribution in [0.25, 0.3) is 27.5 Å². The molecule has 2 nitrogen and oxygen atoms in total. The molecule has 1 aromatic heterocycles. The fourth-order valence-electron chi connectivity index (χ4n) is 12.0. The van der Waals surface area contributed by atoms with Crippen LogP contribution in [0.15, 0.2) is 139 Å². The van der Waals surface area contributed by atoms with Gasteiger partial charge in [0.05, 0.1) is 17.1 Å². The fourth-order valence-corrected chi connectivity index (χ4v) is 12.0. The third-order valence-electron chi connectivity index (χ3n) is 13.5. The Morgan fingerprint density at radius 3 is 1.92 bits per heavy atom. The molecule has 0 radical (unpaired) electrons. The second-order valence-electron chi connectivity index (χ2n) is 15.7. The number of para-hydroxylation sites is 3. The first-order valence-corrected chi connectivity index (χ1v) is 18.5. The van der Waals surface area contributed by atoms with Gasteiger partial charge in [-0.05, 0) is 116 Å². The van der Waals surface area contributed by atoms with Crippen molar-refractivity contribution in [3.63, 3.8) is 0 Å². The Bertz CT molecular complexity index is 2140. The van der Waals surface area contributed by atoms with Gasteiger partial charge in [0, 0.05) is 39.2 Å². The second kappa shape index (κ2) is 10.2. The molecule has 2 heteroatoms. The second-order valence-corrected chi connectivity index (χ2v) is 15.7. The third kappa shape index (κ3) is 3.69. The van der Waals surface area contributed by atoms with Crippen molar-refractivity contribution in [2.75, 3.05) is 4.90 Å². The van der Waals surface area contributed by atoms with Gasteiger partial charge in [0.25, 0.3) is 0 Å². The first-order valence-electron chi connectivity index (χ1n) is 18.5. The van der Waals surface area contributed by atoms with E-state index in [0.717, 1.165) is 36.5 Å². The summed E-state index contributed by atoms with van der Waals surface area (Å²) >= 11 is 0. The van der Waals surface area contributed by atoms with Crippen molar-refractivity contribution in [1.82, 2.24) is 4.57 Å². The summed E-state index contributed by atoms with van der Waals surface area (Å²) in [5.74, 6) is 3.83. The average Bonchev–Trinajstić information content (AvgIpc) is 3.65. The van der Waals surface area contributed by atoms with E-state index in [4.69, 9.17) is 0 Å². The Morgan fingerprint density at radius 2 is 1.23 bits per heavy atom. The molecule has 12 rings (SSSR count). The number of aromatic nitrogens is 1. The molecule has 5 aromatic rings. The van der Waals surface area contributed by atoms with Gasteiger partial charge in [-0.1, -0.05) is 103 Å². The molecule has 0 N–H and O–H groups in total. The van der Waals surface area contributed by atoms with Gasteiger partial charge < -0.3 is 9.47 Å². The van der Waals surface area contributed by atoms with Crippen molar-refractivity contribution in [1.29, 1.82) is 0 Å². The molecular formula is C46H42N2. The molecule has 4 fully saturated rings. The summed E-state index contributed by atoms with van der Waals surface area (Å²) in [5, 5.41) is 2.71. The van der Waals surface area contributed by atoms with Crippen LogP contribution in [0.1, 0.15) is 62.0 Å². The summed E-state index contributed by atoms with van der Waals surface area (Å²) in [6.07, 6.45) is 23.7. The minimum absolute atomic E-state index is 0.160. The van der Waals surface area contributed by atoms with E-state index >= 15 is 0 Å². The number of benzene rings is 4. The summed E-state index contributed by atoms with van der Waals surface area (Å²) in [7, 11) is 0. The predicted octanol–water partition coefficient (Wildman–Crippen LogP) is 11.5. The van der Waals surface area contributed by atoms with Crippen LogP contribution in [0.5, 0.6) is 0 Å². The van der Waals surface area contributed by atoms with Gasteiger partial charge in [-0.25, -0.2) is 0 Å². The van der Waals surface area contributed by atoms with E-state index in [2.05, 4.69) is 143 Å². The summed E-state index contributed by atoms with van der Waals surface area (Å²) in [6.45, 7) is 0. The minimum Gasteiger partial charge on any atom is -0.333 e. The average molecular weight is 623 g/mol. The Hall–Kier alpha value is -4.56. The Morgan fingerprint density at radius 1 is 0.583 bits per heavy atom. The maximum Gasteiger partial charge on any atom is 0.0629 e. The van der Waals surface area contributed by atoms with E-state index < -0.39 is 0 Å². The zero-order valence-corrected chi connectivity index (χ0v) is 27.5. The zero-order chi connectivity index (χ0) is 31.4. The smallest absolute Gasteiger partial charge is 0.0629 e. The first kappa shape index (κ1) is 27.4. The summed E-state index contributed by atoms with van der Waals surface area (Å²) in [6, 6.07) is 37.4. The lowest BCUT2D eigenvalue weighted by atomic mass is 9.41. The predicted molar refractivity (Wildman–Crippen MR) is 200 cm³/mol. The number of nitrogens with zero attached hydrogens (tertiary/aromatic N) is 2. The number of rotatable bonds is 4. The first-order chi connectivity index (χ1) is 23.8. The highest BCUT2D eigenvalue weighted by atomic mass is 15.2. The molecule has 0 amide bonds. The third-order valence-corrected chi connectivity index (χ3v) is 13.5. The molecule has 2 heterocycles. The van der Waals surface area contributed by atoms with Gasteiger partial charge in [0.15, 0.2) is 0 Å². The molecule has 48 heavy (non-hydrogen) atoms. The molecule has 4 bridgehead atoms. The largest absolute Gasteiger partial charge is 0.333 e. The summed E-state index contributed by atoms with van der Waals surface area (Å²) in [5.41, 5.74) is 11.7. The fraction of sp³-hybridized carbons (Fsp3) is 0.304. The number of fused-ring (bicyclic) bond motifs is 6. The molecule has 4 saturated carbocycles. The standard InChI is InChI=1S/C46H42N2/c1-5-13-42-38(9-1)39-10-2-6-14-43(39)47(42)36-21-17-32(18-22-36)46(34-26-30-25-31(28-34)29-35(46)27-30)33-19-23-37(24-20-33)48-44-15-7-3-11-40(44)41-12-4-8-16-45(41)48/h1-19,21-23,30-31,34-35,38,42H,20,24-29H2. The Labute approximate surface area is 283 Å². The van der Waals surface area contributed by atoms with Crippen LogP contribution >= 0.6 is 0 Å². The lowest BCUT2D eigenvalue weighted by Gasteiger charge is -2.63. The molecule has 236 valence electrons. The lowest BCUT2D eigenvalue weighted by molar-refractivity contribution is -0.0449. The quantitative estimate of drug-likeness (QED) is 0.194. The number of hydrogen-bond donors (Lipinski definition) is 0. The van der Waals surface area contributed by atoms with Crippen molar-refractivity contribution in [2.45, 2.75) is 62.3 Å². The van der Waals surface area contributed by atoms with Crippen LogP contribution in [0, 0.1) is 23.7 Å². The maximum absolute atomic E-state index is 2.60. The van der Waals surface area contributed by atoms with Crippen LogP contribution in [0.3, 0.4) is 0 Å². The Kier molecular flexibility index (Phi) is 5.83. The van der Waals surface area contributed by atoms with Crippen LogP contribution in [0.2, 0.25) is 0 Å². The molecule has 0 spiro atoms. The van der Waals surface area contributed by atoms with Crippen molar-refractivity contribution < 1.29 is 0 Å². The summed E-state index contributed by atoms with van der Waals surface area (Å²) < 4.78 is 2.55. The molecule has 4 aromatic carbocycles. The van der Waals surface area contributed by atoms with Crippen molar-refractivity contribution in [3.05, 3.63) is 150 Å². The van der Waals surface area contributed by atoms with Crippen LogP contribution in [-0.2, 0) is 5.41 Å². The van der Waals surface area contributed by atoms with Crippen molar-refractivity contribution >= 4 is 38.9 Å². The van der Waals surface area contributed by atoms with Crippen LogP contribution < -0.4 is 4.90 Å². The highest BCUT2D eigenvalue weighted by Crippen LogP contribution is 2.66. The molecule has 6 aliphatic carbocycles. The monoisotopic (exact) mass is 622 g/mol. The van der Waals surface area contributed by atoms with E-state index in [0.29, 0.717) is 12.0 Å². The maximum atomic E-state index is 2.60. The van der Waals surface area contributed by atoms with Crippen molar-refractivity contribution in [2.24, 2.45) is 23.7 Å². The molecule has 2 atom stereocenters. The molecule has 7 aliphatic rings. The number of anilines is 2. The van der Waals surface area contributed by atoms with Crippen LogP contribution in [-0.4, -0.2) is 10.6 Å². The topological polar surface area (TPSA) is 8.17 Å². The molecule has 1 aliphatic heterocycles. The van der Waals surface area contributed by atoms with Gasteiger partial charge >= 0.3 is 0 Å². The highest BCUT2D eigenvalue weighted by Gasteiger charge is 2.59. The van der Waals surface area contributed by atoms with Gasteiger partial charge in [-0.2, -0.15) is 0 Å². The van der Waals surface area contributed by atoms with E-state index in [1.54, 1.807) is 11.1 Å². The SMILES string of the molecule is C1=CC2c3ccccc3N(c3ccc(C4(C5=CC=C(n6c7ccccc7c7ccccc76)CC5)C5CC6CC(C5)CC4C6)cc3)C2C=C1. The lowest BCUT2D eigenvalue weighted by Crippen LogP contribution is -2.56. The Balaban J connectivity index is 1.02. The molecular weight excluding hydrogens is 581 g/mol. The van der Waals surface area contributed by atoms with Gasteiger partial charge in [-0.15, -0.1) is 0 Å². The number of allylic oxidation sites excluding steroid dienone is 6. The van der Waals surface area contributed by atoms with Crippen molar-refractivity contribution in [3.8, 4) is 0 Å². The van der Waals surface area contributed by atoms with Crippen LogP contribution in [0.4, 0.5) is 11.4 Å². The summed E-state index contributed by atoms with van der Waals surface area (Å²) in [4.78, 5) is 2.59. The molecule has 0 saturated heterocycles. The minimum atomic E-state index is 0.160. The van der Waals surface area contributed by atoms with E-state index in [1.165, 1.54) is 76.5 Å². The number of hydrogen-bond acceptors (Lipinski definition) is 1. The normalized spacial score (nSPS) is 31.3. The van der Waals surface area contributed by atoms with Gasteiger partial charge in [0.2, 0.25) is 0 Å². The zero-order valence-electron chi connectivity index (χ0n) is 27.5.